The van der Waals surface area contributed by atoms with Gasteiger partial charge in [0.2, 0.25) is 11.8 Å². The largest absolute Gasteiger partial charge is 0.481 e. The predicted octanol–water partition coefficient (Wildman–Crippen LogP) is 2.61. The number of nitrogens with zero attached hydrogens (tertiary/aromatic N) is 3. The zero-order valence-corrected chi connectivity index (χ0v) is 13.9. The summed E-state index contributed by atoms with van der Waals surface area (Å²) < 4.78 is 5.22. The second kappa shape index (κ2) is 6.06. The van der Waals surface area contributed by atoms with E-state index in [9.17, 15) is 5.11 Å². The standard InChI is InChI=1S/C19H23N3O2/c1-24-17-9-11-20-18(21-17)22-12-14-6-5-10-19(23,16(14)13-22)15-7-3-2-4-8-15/h2-4,7-9,11,14,16,23H,5-6,10,12-13H2,1H3/t14-,16+,19+/m0/s1. The molecular weight excluding hydrogens is 302 g/mol. The number of hydrogen-bond acceptors (Lipinski definition) is 5. The average molecular weight is 325 g/mol. The van der Waals surface area contributed by atoms with Crippen LogP contribution in [0.5, 0.6) is 5.88 Å². The van der Waals surface area contributed by atoms with Crippen LogP contribution in [0.25, 0.3) is 0 Å². The Hall–Kier alpha value is -2.14. The fourth-order valence-corrected chi connectivity index (χ4v) is 4.37. The van der Waals surface area contributed by atoms with Crippen LogP contribution in [0.3, 0.4) is 0 Å². The number of fused-ring (bicyclic) bond motifs is 1. The molecule has 4 rings (SSSR count). The molecule has 0 unspecified atom stereocenters. The van der Waals surface area contributed by atoms with Crippen LogP contribution < -0.4 is 9.64 Å². The molecule has 0 radical (unpaired) electrons. The van der Waals surface area contributed by atoms with Gasteiger partial charge in [-0.1, -0.05) is 30.3 Å². The van der Waals surface area contributed by atoms with Crippen molar-refractivity contribution >= 4 is 5.95 Å². The van der Waals surface area contributed by atoms with Gasteiger partial charge in [0.1, 0.15) is 0 Å². The van der Waals surface area contributed by atoms with Crippen LogP contribution in [0.4, 0.5) is 5.95 Å². The van der Waals surface area contributed by atoms with Gasteiger partial charge in [0.25, 0.3) is 0 Å². The van der Waals surface area contributed by atoms with E-state index in [0.29, 0.717) is 17.7 Å². The Morgan fingerprint density at radius 2 is 2.04 bits per heavy atom. The molecule has 0 amide bonds. The van der Waals surface area contributed by atoms with Crippen LogP contribution >= 0.6 is 0 Å². The van der Waals surface area contributed by atoms with Gasteiger partial charge in [-0.25, -0.2) is 4.98 Å². The minimum atomic E-state index is -0.752. The highest BCUT2D eigenvalue weighted by Gasteiger charge is 2.50. The normalized spacial score (nSPS) is 29.3. The summed E-state index contributed by atoms with van der Waals surface area (Å²) in [5.41, 5.74) is 0.283. The second-order valence-corrected chi connectivity index (χ2v) is 6.85. The van der Waals surface area contributed by atoms with Crippen LogP contribution in [0.15, 0.2) is 42.6 Å². The Kier molecular flexibility index (Phi) is 3.88. The Labute approximate surface area is 142 Å². The van der Waals surface area contributed by atoms with Crippen LogP contribution in [0.1, 0.15) is 24.8 Å². The number of anilines is 1. The molecule has 2 heterocycles. The molecule has 5 heteroatoms. The van der Waals surface area contributed by atoms with Crippen LogP contribution in [0, 0.1) is 11.8 Å². The summed E-state index contributed by atoms with van der Waals surface area (Å²) in [6.07, 6.45) is 4.76. The molecule has 126 valence electrons. The number of hydrogen-bond donors (Lipinski definition) is 1. The van der Waals surface area contributed by atoms with Crippen molar-refractivity contribution in [1.29, 1.82) is 0 Å². The number of aliphatic hydroxyl groups is 1. The highest BCUT2D eigenvalue weighted by molar-refractivity contribution is 5.36. The zero-order chi connectivity index (χ0) is 16.6. The van der Waals surface area contributed by atoms with E-state index in [2.05, 4.69) is 14.9 Å². The van der Waals surface area contributed by atoms with Gasteiger partial charge in [-0.05, 0) is 30.7 Å². The van der Waals surface area contributed by atoms with Crippen molar-refractivity contribution in [2.75, 3.05) is 25.1 Å². The summed E-state index contributed by atoms with van der Waals surface area (Å²) in [5.74, 6) is 1.95. The fourth-order valence-electron chi connectivity index (χ4n) is 4.37. The molecule has 1 aromatic heterocycles. The molecule has 0 spiro atoms. The summed E-state index contributed by atoms with van der Waals surface area (Å²) in [4.78, 5) is 11.1. The van der Waals surface area contributed by atoms with E-state index in [1.807, 2.05) is 30.3 Å². The van der Waals surface area contributed by atoms with Crippen molar-refractivity contribution < 1.29 is 9.84 Å². The first-order valence-corrected chi connectivity index (χ1v) is 8.60. The predicted molar refractivity (Wildman–Crippen MR) is 92.0 cm³/mol. The number of benzene rings is 1. The quantitative estimate of drug-likeness (QED) is 0.940. The van der Waals surface area contributed by atoms with Crippen LogP contribution in [0.2, 0.25) is 0 Å². The molecule has 3 atom stereocenters. The lowest BCUT2D eigenvalue weighted by atomic mass is 9.67. The Bertz CT molecular complexity index is 709. The lowest BCUT2D eigenvalue weighted by Crippen LogP contribution is -2.42. The second-order valence-electron chi connectivity index (χ2n) is 6.85. The van der Waals surface area contributed by atoms with E-state index in [0.717, 1.165) is 37.9 Å². The topological polar surface area (TPSA) is 58.5 Å². The van der Waals surface area contributed by atoms with Gasteiger partial charge in [0, 0.05) is 31.3 Å². The average Bonchev–Trinajstić information content (AvgIpc) is 3.09. The minimum absolute atomic E-state index is 0.212. The van der Waals surface area contributed by atoms with Gasteiger partial charge >= 0.3 is 0 Å². The minimum Gasteiger partial charge on any atom is -0.481 e. The van der Waals surface area contributed by atoms with E-state index < -0.39 is 5.60 Å². The zero-order valence-electron chi connectivity index (χ0n) is 13.9. The lowest BCUT2D eigenvalue weighted by molar-refractivity contribution is -0.0631. The first-order valence-electron chi connectivity index (χ1n) is 8.60. The van der Waals surface area contributed by atoms with Crippen molar-refractivity contribution in [1.82, 2.24) is 9.97 Å². The molecule has 2 aromatic rings. The maximum absolute atomic E-state index is 11.5. The van der Waals surface area contributed by atoms with E-state index in [1.165, 1.54) is 0 Å². The summed E-state index contributed by atoms with van der Waals surface area (Å²) in [5, 5.41) is 11.5. The molecule has 1 aliphatic heterocycles. The molecule has 2 fully saturated rings. The van der Waals surface area contributed by atoms with E-state index >= 15 is 0 Å². The molecule has 1 saturated heterocycles. The third-order valence-corrected chi connectivity index (χ3v) is 5.57. The van der Waals surface area contributed by atoms with E-state index in [1.54, 1.807) is 19.4 Å². The van der Waals surface area contributed by atoms with Crippen LogP contribution in [-0.2, 0) is 5.60 Å². The molecular formula is C19H23N3O2. The van der Waals surface area contributed by atoms with Gasteiger partial charge in [-0.15, -0.1) is 0 Å². The van der Waals surface area contributed by atoms with Crippen molar-refractivity contribution in [2.45, 2.75) is 24.9 Å². The van der Waals surface area contributed by atoms with Crippen LogP contribution in [-0.4, -0.2) is 35.3 Å². The molecule has 5 nitrogen and oxygen atoms in total. The third-order valence-electron chi connectivity index (χ3n) is 5.57. The Balaban J connectivity index is 1.63. The summed E-state index contributed by atoms with van der Waals surface area (Å²) in [6.45, 7) is 1.68. The number of aromatic nitrogens is 2. The summed E-state index contributed by atoms with van der Waals surface area (Å²) in [7, 11) is 1.62. The highest BCUT2D eigenvalue weighted by Crippen LogP contribution is 2.48. The first-order chi connectivity index (χ1) is 11.7. The lowest BCUT2D eigenvalue weighted by Gasteiger charge is -2.41. The van der Waals surface area contributed by atoms with E-state index in [4.69, 9.17) is 4.74 Å². The molecule has 1 aromatic carbocycles. The number of methoxy groups -OCH3 is 1. The van der Waals surface area contributed by atoms with Gasteiger partial charge in [-0.3, -0.25) is 0 Å². The summed E-state index contributed by atoms with van der Waals surface area (Å²) >= 11 is 0. The van der Waals surface area contributed by atoms with Gasteiger partial charge < -0.3 is 14.7 Å². The number of ether oxygens (including phenoxy) is 1. The number of rotatable bonds is 3. The molecule has 24 heavy (non-hydrogen) atoms. The van der Waals surface area contributed by atoms with Crippen molar-refractivity contribution in [3.8, 4) is 5.88 Å². The van der Waals surface area contributed by atoms with Crippen molar-refractivity contribution in [2.24, 2.45) is 11.8 Å². The Morgan fingerprint density at radius 3 is 2.83 bits per heavy atom. The first kappa shape index (κ1) is 15.4. The highest BCUT2D eigenvalue weighted by atomic mass is 16.5. The molecule has 2 aliphatic rings. The smallest absolute Gasteiger partial charge is 0.228 e. The molecule has 0 bridgehead atoms. The van der Waals surface area contributed by atoms with Gasteiger partial charge in [0.05, 0.1) is 12.7 Å². The van der Waals surface area contributed by atoms with Crippen molar-refractivity contribution in [3.05, 3.63) is 48.2 Å². The summed E-state index contributed by atoms with van der Waals surface area (Å²) in [6, 6.07) is 11.9. The molecule has 1 saturated carbocycles. The maximum Gasteiger partial charge on any atom is 0.228 e. The molecule has 1 aliphatic carbocycles. The molecule has 1 N–H and O–H groups in total. The maximum atomic E-state index is 11.5. The van der Waals surface area contributed by atoms with E-state index in [-0.39, 0.29) is 5.92 Å². The van der Waals surface area contributed by atoms with Crippen molar-refractivity contribution in [3.63, 3.8) is 0 Å². The third kappa shape index (κ3) is 2.53. The van der Waals surface area contributed by atoms with Gasteiger partial charge in [-0.2, -0.15) is 4.98 Å². The van der Waals surface area contributed by atoms with Gasteiger partial charge in [0.15, 0.2) is 0 Å². The monoisotopic (exact) mass is 325 g/mol. The Morgan fingerprint density at radius 1 is 1.21 bits per heavy atom. The SMILES string of the molecule is COc1ccnc(N2C[C@@H]3CCC[C@@](O)(c4ccccc4)[C@@H]3C2)n1. The fraction of sp³-hybridized carbons (Fsp3) is 0.474.